The predicted octanol–water partition coefficient (Wildman–Crippen LogP) is 4.25. The van der Waals surface area contributed by atoms with Crippen molar-refractivity contribution in [3.05, 3.63) is 65.7 Å². The first-order valence-corrected chi connectivity index (χ1v) is 8.79. The van der Waals surface area contributed by atoms with E-state index in [0.717, 1.165) is 16.9 Å². The van der Waals surface area contributed by atoms with Gasteiger partial charge < -0.3 is 15.2 Å². The molecule has 25 heavy (non-hydrogen) atoms. The largest absolute Gasteiger partial charge is 0.489 e. The minimum Gasteiger partial charge on any atom is -0.489 e. The van der Waals surface area contributed by atoms with Gasteiger partial charge in [-0.1, -0.05) is 56.3 Å². The Morgan fingerprint density at radius 3 is 2.36 bits per heavy atom. The molecule has 0 heterocycles. The third-order valence-corrected chi connectivity index (χ3v) is 4.75. The maximum absolute atomic E-state index is 11.5. The van der Waals surface area contributed by atoms with Gasteiger partial charge in [0.15, 0.2) is 0 Å². The van der Waals surface area contributed by atoms with Crippen molar-refractivity contribution in [3.8, 4) is 5.75 Å². The van der Waals surface area contributed by atoms with Gasteiger partial charge in [0, 0.05) is 13.1 Å². The second-order valence-corrected chi connectivity index (χ2v) is 6.32. The molecule has 0 aromatic heterocycles. The molecule has 2 aromatic rings. The van der Waals surface area contributed by atoms with Gasteiger partial charge in [0.05, 0.1) is 5.41 Å². The second kappa shape index (κ2) is 9.23. The standard InChI is InChI=1S/C21H27NO3/c1-3-21(4-2,20(23)24)16-22-14-18-11-8-12-19(13-18)25-15-17-9-6-5-7-10-17/h5-13,22H,3-4,14-16H2,1-2H3,(H,23,24). The Morgan fingerprint density at radius 2 is 1.72 bits per heavy atom. The van der Waals surface area contributed by atoms with Gasteiger partial charge in [-0.05, 0) is 36.1 Å². The molecule has 0 unspecified atom stereocenters. The molecule has 0 aliphatic rings. The molecular formula is C21H27NO3. The maximum atomic E-state index is 11.5. The van der Waals surface area contributed by atoms with E-state index in [1.165, 1.54) is 0 Å². The van der Waals surface area contributed by atoms with E-state index in [0.29, 0.717) is 32.5 Å². The molecule has 0 aliphatic heterocycles. The summed E-state index contributed by atoms with van der Waals surface area (Å²) in [5.74, 6) is 0.0866. The summed E-state index contributed by atoms with van der Waals surface area (Å²) in [5.41, 5.74) is 1.52. The zero-order chi connectivity index (χ0) is 18.1. The van der Waals surface area contributed by atoms with E-state index in [4.69, 9.17) is 4.74 Å². The Kier molecular flexibility index (Phi) is 7.02. The van der Waals surface area contributed by atoms with E-state index >= 15 is 0 Å². The first kappa shape index (κ1) is 19.0. The molecule has 0 aliphatic carbocycles. The van der Waals surface area contributed by atoms with E-state index in [2.05, 4.69) is 5.32 Å². The minimum atomic E-state index is -0.732. The van der Waals surface area contributed by atoms with E-state index in [9.17, 15) is 9.90 Å². The van der Waals surface area contributed by atoms with Crippen LogP contribution >= 0.6 is 0 Å². The van der Waals surface area contributed by atoms with Crippen LogP contribution in [0.3, 0.4) is 0 Å². The molecule has 2 rings (SSSR count). The first-order chi connectivity index (χ1) is 12.1. The van der Waals surface area contributed by atoms with Crippen molar-refractivity contribution in [1.82, 2.24) is 5.32 Å². The van der Waals surface area contributed by atoms with Crippen molar-refractivity contribution in [2.75, 3.05) is 6.54 Å². The Bertz CT molecular complexity index is 666. The number of hydrogen-bond acceptors (Lipinski definition) is 3. The maximum Gasteiger partial charge on any atom is 0.310 e. The molecule has 4 nitrogen and oxygen atoms in total. The molecule has 0 bridgehead atoms. The lowest BCUT2D eigenvalue weighted by atomic mass is 9.82. The van der Waals surface area contributed by atoms with Crippen molar-refractivity contribution in [3.63, 3.8) is 0 Å². The van der Waals surface area contributed by atoms with Crippen LogP contribution in [0.4, 0.5) is 0 Å². The van der Waals surface area contributed by atoms with Gasteiger partial charge in [-0.25, -0.2) is 0 Å². The zero-order valence-electron chi connectivity index (χ0n) is 15.0. The normalized spacial score (nSPS) is 11.3. The molecule has 0 saturated carbocycles. The van der Waals surface area contributed by atoms with E-state index < -0.39 is 11.4 Å². The van der Waals surface area contributed by atoms with E-state index in [1.807, 2.05) is 68.4 Å². The molecule has 0 spiro atoms. The van der Waals surface area contributed by atoms with Crippen molar-refractivity contribution < 1.29 is 14.6 Å². The summed E-state index contributed by atoms with van der Waals surface area (Å²) in [6, 6.07) is 18.0. The first-order valence-electron chi connectivity index (χ1n) is 8.79. The van der Waals surface area contributed by atoms with Crippen LogP contribution in [-0.4, -0.2) is 17.6 Å². The zero-order valence-corrected chi connectivity index (χ0v) is 15.0. The van der Waals surface area contributed by atoms with Gasteiger partial charge in [-0.15, -0.1) is 0 Å². The van der Waals surface area contributed by atoms with E-state index in [1.54, 1.807) is 0 Å². The number of rotatable bonds is 10. The van der Waals surface area contributed by atoms with Gasteiger partial charge in [-0.3, -0.25) is 4.79 Å². The molecule has 0 radical (unpaired) electrons. The summed E-state index contributed by atoms with van der Waals surface area (Å²) in [6.45, 7) is 5.47. The molecule has 134 valence electrons. The smallest absolute Gasteiger partial charge is 0.310 e. The monoisotopic (exact) mass is 341 g/mol. The molecule has 0 amide bonds. The van der Waals surface area contributed by atoms with Crippen LogP contribution in [0.2, 0.25) is 0 Å². The van der Waals surface area contributed by atoms with Crippen LogP contribution in [0.5, 0.6) is 5.75 Å². The second-order valence-electron chi connectivity index (χ2n) is 6.32. The van der Waals surface area contributed by atoms with Gasteiger partial charge in [-0.2, -0.15) is 0 Å². The lowest BCUT2D eigenvalue weighted by molar-refractivity contribution is -0.149. The number of benzene rings is 2. The van der Waals surface area contributed by atoms with Gasteiger partial charge in [0.2, 0.25) is 0 Å². The third kappa shape index (κ3) is 5.33. The SMILES string of the molecule is CCC(CC)(CNCc1cccc(OCc2ccccc2)c1)C(=O)O. The van der Waals surface area contributed by atoms with Crippen LogP contribution in [0.15, 0.2) is 54.6 Å². The average Bonchev–Trinajstić information content (AvgIpc) is 2.65. The third-order valence-electron chi connectivity index (χ3n) is 4.75. The number of carboxylic acid groups (broad SMARTS) is 1. The van der Waals surface area contributed by atoms with Crippen LogP contribution < -0.4 is 10.1 Å². The summed E-state index contributed by atoms with van der Waals surface area (Å²) in [5, 5.41) is 12.8. The molecule has 2 N–H and O–H groups in total. The van der Waals surface area contributed by atoms with Crippen molar-refractivity contribution in [1.29, 1.82) is 0 Å². The van der Waals surface area contributed by atoms with Crippen LogP contribution in [0, 0.1) is 5.41 Å². The van der Waals surface area contributed by atoms with Crippen molar-refractivity contribution >= 4 is 5.97 Å². The van der Waals surface area contributed by atoms with Crippen molar-refractivity contribution in [2.24, 2.45) is 5.41 Å². The number of ether oxygens (including phenoxy) is 1. The lowest BCUT2D eigenvalue weighted by Gasteiger charge is -2.27. The molecule has 4 heteroatoms. The summed E-state index contributed by atoms with van der Waals surface area (Å²) >= 11 is 0. The highest BCUT2D eigenvalue weighted by atomic mass is 16.5. The Labute approximate surface area is 149 Å². The highest BCUT2D eigenvalue weighted by Gasteiger charge is 2.34. The topological polar surface area (TPSA) is 58.6 Å². The number of nitrogens with one attached hydrogen (secondary N) is 1. The van der Waals surface area contributed by atoms with Gasteiger partial charge >= 0.3 is 5.97 Å². The quantitative estimate of drug-likeness (QED) is 0.678. The van der Waals surface area contributed by atoms with Crippen LogP contribution in [0.1, 0.15) is 37.8 Å². The number of aliphatic carboxylic acids is 1. The summed E-state index contributed by atoms with van der Waals surface area (Å²) in [4.78, 5) is 11.5. The summed E-state index contributed by atoms with van der Waals surface area (Å²) < 4.78 is 5.84. The fourth-order valence-corrected chi connectivity index (χ4v) is 2.81. The van der Waals surface area contributed by atoms with Crippen LogP contribution in [0.25, 0.3) is 0 Å². The molecule has 2 aromatic carbocycles. The fourth-order valence-electron chi connectivity index (χ4n) is 2.81. The lowest BCUT2D eigenvalue weighted by Crippen LogP contribution is -2.40. The van der Waals surface area contributed by atoms with Crippen molar-refractivity contribution in [2.45, 2.75) is 39.8 Å². The van der Waals surface area contributed by atoms with Crippen LogP contribution in [-0.2, 0) is 17.9 Å². The van der Waals surface area contributed by atoms with Gasteiger partial charge in [0.25, 0.3) is 0 Å². The highest BCUT2D eigenvalue weighted by Crippen LogP contribution is 2.26. The summed E-state index contributed by atoms with van der Waals surface area (Å²) in [7, 11) is 0. The number of carbonyl (C=O) groups is 1. The Morgan fingerprint density at radius 1 is 1.04 bits per heavy atom. The Hall–Kier alpha value is -2.33. The molecule has 0 atom stereocenters. The summed E-state index contributed by atoms with van der Waals surface area (Å²) in [6.07, 6.45) is 1.23. The minimum absolute atomic E-state index is 0.463. The number of hydrogen-bond donors (Lipinski definition) is 2. The van der Waals surface area contributed by atoms with E-state index in [-0.39, 0.29) is 0 Å². The Balaban J connectivity index is 1.89. The fraction of sp³-hybridized carbons (Fsp3) is 0.381. The number of carboxylic acids is 1. The molecular weight excluding hydrogens is 314 g/mol. The predicted molar refractivity (Wildman–Crippen MR) is 99.6 cm³/mol. The average molecular weight is 341 g/mol. The molecule has 0 saturated heterocycles. The molecule has 0 fully saturated rings. The highest BCUT2D eigenvalue weighted by molar-refractivity contribution is 5.74. The van der Waals surface area contributed by atoms with Gasteiger partial charge in [0.1, 0.15) is 12.4 Å².